The predicted octanol–water partition coefficient (Wildman–Crippen LogP) is 4.21. The first-order chi connectivity index (χ1) is 9.22. The Bertz CT molecular complexity index is 548. The molecule has 2 aromatic rings. The van der Waals surface area contributed by atoms with Gasteiger partial charge in [0, 0.05) is 10.7 Å². The maximum Gasteiger partial charge on any atom is 0.261 e. The van der Waals surface area contributed by atoms with Gasteiger partial charge >= 0.3 is 0 Å². The zero-order valence-electron chi connectivity index (χ0n) is 11.2. The lowest BCUT2D eigenvalue weighted by atomic mass is 9.87. The summed E-state index contributed by atoms with van der Waals surface area (Å²) in [5.41, 5.74) is 0. The van der Waals surface area contributed by atoms with Crippen molar-refractivity contribution in [1.29, 1.82) is 0 Å². The largest absolute Gasteiger partial charge is 0.349 e. The molecule has 1 fully saturated rings. The van der Waals surface area contributed by atoms with Crippen LogP contribution in [-0.2, 0) is 0 Å². The van der Waals surface area contributed by atoms with E-state index < -0.39 is 0 Å². The molecular formula is C16H19NOS. The summed E-state index contributed by atoms with van der Waals surface area (Å²) >= 11 is 1.58. The number of fused-ring (bicyclic) bond motifs is 1. The van der Waals surface area contributed by atoms with Gasteiger partial charge in [-0.05, 0) is 49.1 Å². The van der Waals surface area contributed by atoms with Gasteiger partial charge in [-0.15, -0.1) is 11.3 Å². The SMILES string of the molecule is C[C@H]1CC[C@H](NC(=O)c2cc3ccccc3s2)CC1. The first-order valence-electron chi connectivity index (χ1n) is 7.02. The Morgan fingerprint density at radius 3 is 2.68 bits per heavy atom. The van der Waals surface area contributed by atoms with Gasteiger partial charge in [-0.3, -0.25) is 4.79 Å². The first kappa shape index (κ1) is 12.7. The number of rotatable bonds is 2. The average molecular weight is 273 g/mol. The van der Waals surface area contributed by atoms with Crippen LogP contribution in [0.2, 0.25) is 0 Å². The van der Waals surface area contributed by atoms with E-state index in [1.54, 1.807) is 11.3 Å². The Kier molecular flexibility index (Phi) is 3.56. The molecule has 2 nitrogen and oxygen atoms in total. The lowest BCUT2D eigenvalue weighted by Gasteiger charge is -2.26. The van der Waals surface area contributed by atoms with E-state index in [0.29, 0.717) is 6.04 Å². The van der Waals surface area contributed by atoms with E-state index in [1.165, 1.54) is 17.5 Å². The number of hydrogen-bond donors (Lipinski definition) is 1. The number of carbonyl (C=O) groups is 1. The minimum atomic E-state index is 0.0979. The second-order valence-electron chi connectivity index (χ2n) is 5.58. The predicted molar refractivity (Wildman–Crippen MR) is 80.7 cm³/mol. The van der Waals surface area contributed by atoms with Crippen LogP contribution >= 0.6 is 11.3 Å². The molecule has 3 rings (SSSR count). The Morgan fingerprint density at radius 1 is 1.21 bits per heavy atom. The van der Waals surface area contributed by atoms with Crippen molar-refractivity contribution in [1.82, 2.24) is 5.32 Å². The van der Waals surface area contributed by atoms with Gasteiger partial charge in [0.1, 0.15) is 0 Å². The molecule has 100 valence electrons. The lowest BCUT2D eigenvalue weighted by Crippen LogP contribution is -2.36. The van der Waals surface area contributed by atoms with Crippen molar-refractivity contribution < 1.29 is 4.79 Å². The van der Waals surface area contributed by atoms with Crippen LogP contribution < -0.4 is 5.32 Å². The van der Waals surface area contributed by atoms with Gasteiger partial charge in [-0.2, -0.15) is 0 Å². The summed E-state index contributed by atoms with van der Waals surface area (Å²) in [4.78, 5) is 13.1. The molecule has 0 unspecified atom stereocenters. The van der Waals surface area contributed by atoms with Crippen LogP contribution in [0, 0.1) is 5.92 Å². The van der Waals surface area contributed by atoms with Crippen molar-refractivity contribution in [2.75, 3.05) is 0 Å². The normalized spacial score (nSPS) is 23.4. The van der Waals surface area contributed by atoms with Crippen LogP contribution in [0.4, 0.5) is 0 Å². The number of nitrogens with one attached hydrogen (secondary N) is 1. The molecule has 1 amide bonds. The molecular weight excluding hydrogens is 254 g/mol. The Hall–Kier alpha value is -1.35. The molecule has 1 aromatic heterocycles. The molecule has 1 aliphatic carbocycles. The molecule has 19 heavy (non-hydrogen) atoms. The average Bonchev–Trinajstić information content (AvgIpc) is 2.85. The number of benzene rings is 1. The molecule has 1 aromatic carbocycles. The van der Waals surface area contributed by atoms with Crippen molar-refractivity contribution in [2.45, 2.75) is 38.6 Å². The molecule has 0 bridgehead atoms. The van der Waals surface area contributed by atoms with E-state index in [2.05, 4.69) is 24.4 Å². The van der Waals surface area contributed by atoms with Gasteiger partial charge in [0.2, 0.25) is 0 Å². The Balaban J connectivity index is 1.70. The van der Waals surface area contributed by atoms with E-state index in [4.69, 9.17) is 0 Å². The van der Waals surface area contributed by atoms with Gasteiger partial charge in [0.25, 0.3) is 5.91 Å². The zero-order chi connectivity index (χ0) is 13.2. The molecule has 0 spiro atoms. The third-order valence-corrected chi connectivity index (χ3v) is 5.12. The van der Waals surface area contributed by atoms with E-state index in [-0.39, 0.29) is 5.91 Å². The number of carbonyl (C=O) groups excluding carboxylic acids is 1. The second-order valence-corrected chi connectivity index (χ2v) is 6.66. The van der Waals surface area contributed by atoms with Crippen molar-refractivity contribution >= 4 is 27.3 Å². The van der Waals surface area contributed by atoms with Crippen molar-refractivity contribution in [2.24, 2.45) is 5.92 Å². The molecule has 0 atom stereocenters. The van der Waals surface area contributed by atoms with Crippen molar-refractivity contribution in [3.8, 4) is 0 Å². The summed E-state index contributed by atoms with van der Waals surface area (Å²) in [5, 5.41) is 4.35. The molecule has 1 N–H and O–H groups in total. The standard InChI is InChI=1S/C16H19NOS/c1-11-6-8-13(9-7-11)17-16(18)15-10-12-4-2-3-5-14(12)19-15/h2-5,10-11,13H,6-9H2,1H3,(H,17,18)/t11-,13-. The van der Waals surface area contributed by atoms with Crippen LogP contribution in [0.3, 0.4) is 0 Å². The Morgan fingerprint density at radius 2 is 1.95 bits per heavy atom. The summed E-state index contributed by atoms with van der Waals surface area (Å²) in [6.07, 6.45) is 4.71. The van der Waals surface area contributed by atoms with Crippen LogP contribution in [0.25, 0.3) is 10.1 Å². The maximum atomic E-state index is 12.3. The fourth-order valence-electron chi connectivity index (χ4n) is 2.75. The summed E-state index contributed by atoms with van der Waals surface area (Å²) in [5.74, 6) is 0.915. The monoisotopic (exact) mass is 273 g/mol. The number of hydrogen-bond acceptors (Lipinski definition) is 2. The minimum absolute atomic E-state index is 0.0979. The van der Waals surface area contributed by atoms with Crippen LogP contribution in [0.5, 0.6) is 0 Å². The summed E-state index contributed by atoms with van der Waals surface area (Å²) in [6.45, 7) is 2.30. The third kappa shape index (κ3) is 2.81. The highest BCUT2D eigenvalue weighted by atomic mass is 32.1. The molecule has 0 radical (unpaired) electrons. The fraction of sp³-hybridized carbons (Fsp3) is 0.438. The first-order valence-corrected chi connectivity index (χ1v) is 7.83. The van der Waals surface area contributed by atoms with Crippen molar-refractivity contribution in [3.05, 3.63) is 35.2 Å². The highest BCUT2D eigenvalue weighted by Gasteiger charge is 2.20. The maximum absolute atomic E-state index is 12.3. The van der Waals surface area contributed by atoms with Crippen LogP contribution in [0.1, 0.15) is 42.3 Å². The minimum Gasteiger partial charge on any atom is -0.349 e. The van der Waals surface area contributed by atoms with E-state index in [0.717, 1.165) is 29.0 Å². The van der Waals surface area contributed by atoms with Gasteiger partial charge in [0.15, 0.2) is 0 Å². The van der Waals surface area contributed by atoms with Gasteiger partial charge in [0.05, 0.1) is 4.88 Å². The highest BCUT2D eigenvalue weighted by molar-refractivity contribution is 7.20. The lowest BCUT2D eigenvalue weighted by molar-refractivity contribution is 0.0927. The smallest absolute Gasteiger partial charge is 0.261 e. The molecule has 1 saturated carbocycles. The van der Waals surface area contributed by atoms with Gasteiger partial charge in [-0.25, -0.2) is 0 Å². The van der Waals surface area contributed by atoms with Crippen LogP contribution in [-0.4, -0.2) is 11.9 Å². The fourth-order valence-corrected chi connectivity index (χ4v) is 3.72. The van der Waals surface area contributed by atoms with Gasteiger partial charge < -0.3 is 5.32 Å². The summed E-state index contributed by atoms with van der Waals surface area (Å²) in [7, 11) is 0. The van der Waals surface area contributed by atoms with Crippen molar-refractivity contribution in [3.63, 3.8) is 0 Å². The quantitative estimate of drug-likeness (QED) is 0.872. The van der Waals surface area contributed by atoms with E-state index in [9.17, 15) is 4.79 Å². The molecule has 0 aliphatic heterocycles. The van der Waals surface area contributed by atoms with E-state index >= 15 is 0 Å². The molecule has 1 heterocycles. The number of amides is 1. The zero-order valence-corrected chi connectivity index (χ0v) is 12.0. The molecule has 1 aliphatic rings. The topological polar surface area (TPSA) is 29.1 Å². The van der Waals surface area contributed by atoms with Crippen LogP contribution in [0.15, 0.2) is 30.3 Å². The number of thiophene rings is 1. The van der Waals surface area contributed by atoms with Gasteiger partial charge in [-0.1, -0.05) is 25.1 Å². The third-order valence-electron chi connectivity index (χ3n) is 4.00. The summed E-state index contributed by atoms with van der Waals surface area (Å²) in [6, 6.07) is 10.5. The molecule has 0 saturated heterocycles. The summed E-state index contributed by atoms with van der Waals surface area (Å²) < 4.78 is 1.19. The second kappa shape index (κ2) is 5.33. The highest BCUT2D eigenvalue weighted by Crippen LogP contribution is 2.27. The molecule has 3 heteroatoms. The Labute approximate surface area is 117 Å². The van der Waals surface area contributed by atoms with E-state index in [1.807, 2.05) is 18.2 Å².